The average molecular weight is 267 g/mol. The van der Waals surface area contributed by atoms with Crippen LogP contribution in [-0.4, -0.2) is 5.91 Å². The Balaban J connectivity index is 1.99. The van der Waals surface area contributed by atoms with E-state index in [9.17, 15) is 4.79 Å². The van der Waals surface area contributed by atoms with Crippen LogP contribution < -0.4 is 5.32 Å². The Kier molecular flexibility index (Phi) is 3.13. The molecule has 1 N–H and O–H groups in total. The van der Waals surface area contributed by atoms with E-state index in [1.807, 2.05) is 61.5 Å². The SMILES string of the molecule is Cc1ccccc1/C=C1\Sc2ccccc2NC1=O. The standard InChI is InChI=1S/C16H13NOS/c1-11-6-2-3-7-12(11)10-15-16(18)17-13-8-4-5-9-14(13)19-15/h2-10H,1H3,(H,17,18)/b15-10-. The molecule has 1 heterocycles. The van der Waals surface area contributed by atoms with Crippen molar-refractivity contribution in [2.24, 2.45) is 0 Å². The highest BCUT2D eigenvalue weighted by Crippen LogP contribution is 2.38. The number of anilines is 1. The van der Waals surface area contributed by atoms with Crippen LogP contribution in [-0.2, 0) is 4.79 Å². The van der Waals surface area contributed by atoms with Crippen molar-refractivity contribution in [1.82, 2.24) is 0 Å². The number of hydrogen-bond donors (Lipinski definition) is 1. The molecule has 19 heavy (non-hydrogen) atoms. The zero-order valence-corrected chi connectivity index (χ0v) is 11.3. The number of amides is 1. The Labute approximate surface area is 116 Å². The molecule has 3 heteroatoms. The van der Waals surface area contributed by atoms with Gasteiger partial charge in [-0.25, -0.2) is 0 Å². The highest BCUT2D eigenvalue weighted by atomic mass is 32.2. The van der Waals surface area contributed by atoms with Crippen molar-refractivity contribution in [1.29, 1.82) is 0 Å². The number of carbonyl (C=O) groups is 1. The van der Waals surface area contributed by atoms with Crippen molar-refractivity contribution in [3.05, 3.63) is 64.6 Å². The topological polar surface area (TPSA) is 29.1 Å². The normalized spacial score (nSPS) is 16.1. The van der Waals surface area contributed by atoms with Crippen LogP contribution in [0.15, 0.2) is 58.3 Å². The van der Waals surface area contributed by atoms with Crippen LogP contribution >= 0.6 is 11.8 Å². The number of carbonyl (C=O) groups excluding carboxylic acids is 1. The zero-order valence-electron chi connectivity index (χ0n) is 10.5. The highest BCUT2D eigenvalue weighted by molar-refractivity contribution is 8.04. The van der Waals surface area contributed by atoms with Gasteiger partial charge in [0.15, 0.2) is 0 Å². The summed E-state index contributed by atoms with van der Waals surface area (Å²) in [4.78, 5) is 13.9. The molecule has 0 bridgehead atoms. The molecule has 3 rings (SSSR count). The molecule has 0 radical (unpaired) electrons. The molecule has 1 aliphatic rings. The molecular formula is C16H13NOS. The molecule has 1 aliphatic heterocycles. The van der Waals surface area contributed by atoms with Gasteiger partial charge in [-0.1, -0.05) is 48.2 Å². The van der Waals surface area contributed by atoms with E-state index in [0.29, 0.717) is 0 Å². The Bertz CT molecular complexity index is 676. The largest absolute Gasteiger partial charge is 0.320 e. The molecule has 0 aliphatic carbocycles. The van der Waals surface area contributed by atoms with Gasteiger partial charge in [-0.3, -0.25) is 4.79 Å². The summed E-state index contributed by atoms with van der Waals surface area (Å²) in [6, 6.07) is 15.9. The summed E-state index contributed by atoms with van der Waals surface area (Å²) in [5, 5.41) is 2.92. The summed E-state index contributed by atoms with van der Waals surface area (Å²) in [7, 11) is 0. The number of rotatable bonds is 1. The first-order valence-electron chi connectivity index (χ1n) is 6.09. The molecule has 0 saturated heterocycles. The minimum Gasteiger partial charge on any atom is -0.320 e. The van der Waals surface area contributed by atoms with Crippen LogP contribution in [0.4, 0.5) is 5.69 Å². The van der Waals surface area contributed by atoms with Gasteiger partial charge in [-0.15, -0.1) is 0 Å². The van der Waals surface area contributed by atoms with Gasteiger partial charge in [0.25, 0.3) is 5.91 Å². The van der Waals surface area contributed by atoms with Crippen molar-refractivity contribution >= 4 is 29.4 Å². The van der Waals surface area contributed by atoms with Gasteiger partial charge in [0.05, 0.1) is 10.6 Å². The van der Waals surface area contributed by atoms with Gasteiger partial charge in [0.1, 0.15) is 0 Å². The number of aryl methyl sites for hydroxylation is 1. The van der Waals surface area contributed by atoms with Gasteiger partial charge < -0.3 is 5.32 Å². The van der Waals surface area contributed by atoms with Crippen molar-refractivity contribution in [3.8, 4) is 0 Å². The first-order chi connectivity index (χ1) is 9.24. The lowest BCUT2D eigenvalue weighted by Gasteiger charge is -2.18. The van der Waals surface area contributed by atoms with Gasteiger partial charge in [-0.2, -0.15) is 0 Å². The molecule has 0 aromatic heterocycles. The van der Waals surface area contributed by atoms with Crippen molar-refractivity contribution < 1.29 is 4.79 Å². The van der Waals surface area contributed by atoms with Gasteiger partial charge >= 0.3 is 0 Å². The molecule has 0 saturated carbocycles. The molecule has 2 aromatic carbocycles. The number of nitrogens with one attached hydrogen (secondary N) is 1. The maximum absolute atomic E-state index is 12.1. The summed E-state index contributed by atoms with van der Waals surface area (Å²) >= 11 is 1.52. The number of thioether (sulfide) groups is 1. The Morgan fingerprint density at radius 2 is 1.79 bits per heavy atom. The minimum absolute atomic E-state index is 0.0352. The molecular weight excluding hydrogens is 254 g/mol. The van der Waals surface area contributed by atoms with E-state index in [1.54, 1.807) is 0 Å². The summed E-state index contributed by atoms with van der Waals surface area (Å²) in [6.45, 7) is 2.05. The average Bonchev–Trinajstić information content (AvgIpc) is 2.42. The van der Waals surface area contributed by atoms with Gasteiger partial charge in [0.2, 0.25) is 0 Å². The molecule has 0 unspecified atom stereocenters. The number of benzene rings is 2. The summed E-state index contributed by atoms with van der Waals surface area (Å²) < 4.78 is 0. The fourth-order valence-electron chi connectivity index (χ4n) is 1.99. The fraction of sp³-hybridized carbons (Fsp3) is 0.0625. The number of fused-ring (bicyclic) bond motifs is 1. The summed E-state index contributed by atoms with van der Waals surface area (Å²) in [5.41, 5.74) is 3.14. The number of para-hydroxylation sites is 1. The van der Waals surface area contributed by atoms with Crippen LogP contribution in [0.3, 0.4) is 0 Å². The second kappa shape index (κ2) is 4.94. The van der Waals surface area contributed by atoms with E-state index in [0.717, 1.165) is 21.1 Å². The van der Waals surface area contributed by atoms with E-state index in [-0.39, 0.29) is 5.91 Å². The highest BCUT2D eigenvalue weighted by Gasteiger charge is 2.20. The van der Waals surface area contributed by atoms with Crippen LogP contribution in [0.2, 0.25) is 0 Å². The van der Waals surface area contributed by atoms with Crippen LogP contribution in [0.25, 0.3) is 6.08 Å². The van der Waals surface area contributed by atoms with Gasteiger partial charge in [-0.05, 0) is 36.3 Å². The van der Waals surface area contributed by atoms with E-state index in [2.05, 4.69) is 5.32 Å². The lowest BCUT2D eigenvalue weighted by molar-refractivity contribution is -0.112. The minimum atomic E-state index is -0.0352. The molecule has 2 nitrogen and oxygen atoms in total. The monoisotopic (exact) mass is 267 g/mol. The lowest BCUT2D eigenvalue weighted by Crippen LogP contribution is -2.17. The molecule has 0 spiro atoms. The molecule has 0 atom stereocenters. The van der Waals surface area contributed by atoms with Crippen LogP contribution in [0, 0.1) is 6.92 Å². The molecule has 94 valence electrons. The molecule has 1 amide bonds. The van der Waals surface area contributed by atoms with Gasteiger partial charge in [0, 0.05) is 4.90 Å². The third kappa shape index (κ3) is 2.42. The quantitative estimate of drug-likeness (QED) is 0.789. The number of hydrogen-bond acceptors (Lipinski definition) is 2. The van der Waals surface area contributed by atoms with Crippen molar-refractivity contribution in [3.63, 3.8) is 0 Å². The zero-order chi connectivity index (χ0) is 13.2. The second-order valence-corrected chi connectivity index (χ2v) is 5.50. The maximum Gasteiger partial charge on any atom is 0.262 e. The van der Waals surface area contributed by atoms with Crippen LogP contribution in [0.1, 0.15) is 11.1 Å². The lowest BCUT2D eigenvalue weighted by atomic mass is 10.1. The summed E-state index contributed by atoms with van der Waals surface area (Å²) in [6.07, 6.45) is 1.95. The van der Waals surface area contributed by atoms with E-state index < -0.39 is 0 Å². The first-order valence-corrected chi connectivity index (χ1v) is 6.91. The fourth-order valence-corrected chi connectivity index (χ4v) is 2.93. The Morgan fingerprint density at radius 3 is 2.63 bits per heavy atom. The third-order valence-electron chi connectivity index (χ3n) is 3.05. The first kappa shape index (κ1) is 12.1. The Hall–Kier alpha value is -2.00. The summed E-state index contributed by atoms with van der Waals surface area (Å²) in [5.74, 6) is -0.0352. The van der Waals surface area contributed by atoms with E-state index in [4.69, 9.17) is 0 Å². The maximum atomic E-state index is 12.1. The Morgan fingerprint density at radius 1 is 1.05 bits per heavy atom. The third-order valence-corrected chi connectivity index (χ3v) is 4.15. The second-order valence-electron chi connectivity index (χ2n) is 4.42. The van der Waals surface area contributed by atoms with Crippen LogP contribution in [0.5, 0.6) is 0 Å². The predicted molar refractivity (Wildman–Crippen MR) is 80.1 cm³/mol. The van der Waals surface area contributed by atoms with E-state index in [1.165, 1.54) is 17.3 Å². The van der Waals surface area contributed by atoms with Crippen molar-refractivity contribution in [2.45, 2.75) is 11.8 Å². The molecule has 0 fully saturated rings. The smallest absolute Gasteiger partial charge is 0.262 e. The molecule has 2 aromatic rings. The van der Waals surface area contributed by atoms with Crippen molar-refractivity contribution in [2.75, 3.05) is 5.32 Å². The van der Waals surface area contributed by atoms with E-state index >= 15 is 0 Å². The predicted octanol–water partition coefficient (Wildman–Crippen LogP) is 4.08.